The van der Waals surface area contributed by atoms with Crippen molar-refractivity contribution >= 4 is 29.6 Å². The molecule has 0 fully saturated rings. The SMILES string of the molecule is CCCCCCCC/C=C\CCCCCCCC(=O)OCCN(CCOC(=O)CCCCCCC/C=C\CCCCCCCC)C(=O)CSC[N+](C)(C)CCO. The summed E-state index contributed by atoms with van der Waals surface area (Å²) in [6, 6.07) is 0. The fourth-order valence-corrected chi connectivity index (χ4v) is 7.60. The van der Waals surface area contributed by atoms with E-state index in [1.165, 1.54) is 127 Å². The van der Waals surface area contributed by atoms with E-state index in [9.17, 15) is 19.5 Å². The third-order valence-electron chi connectivity index (χ3n) is 10.3. The van der Waals surface area contributed by atoms with Crippen molar-refractivity contribution in [2.75, 3.05) is 65.2 Å². The standard InChI is InChI=1S/C47H89N2O6S/c1-5-7-9-11-13-15-17-19-21-23-25-27-29-31-33-35-46(52)54-41-37-48(45(51)43-56-44-49(3,4)39-40-50)38-42-55-47(53)36-34-32-30-28-26-24-22-20-18-16-14-12-10-8-6-2/h19-22,50H,5-18,23-44H2,1-4H3/q+1/b21-19-,22-20-. The molecule has 0 spiro atoms. The molecule has 0 rings (SSSR count). The number of rotatable bonds is 42. The molecule has 0 aromatic rings. The minimum absolute atomic E-state index is 0.0689. The van der Waals surface area contributed by atoms with Crippen molar-refractivity contribution in [2.24, 2.45) is 0 Å². The van der Waals surface area contributed by atoms with E-state index < -0.39 is 0 Å². The van der Waals surface area contributed by atoms with Crippen LogP contribution in [0.4, 0.5) is 0 Å². The van der Waals surface area contributed by atoms with Crippen LogP contribution >= 0.6 is 11.8 Å². The molecular weight excluding hydrogens is 721 g/mol. The summed E-state index contributed by atoms with van der Waals surface area (Å²) in [5, 5.41) is 9.32. The van der Waals surface area contributed by atoms with E-state index >= 15 is 0 Å². The van der Waals surface area contributed by atoms with Crippen molar-refractivity contribution in [3.63, 3.8) is 0 Å². The van der Waals surface area contributed by atoms with Crippen molar-refractivity contribution in [2.45, 2.75) is 194 Å². The zero-order valence-corrected chi connectivity index (χ0v) is 37.9. The number of quaternary nitrogens is 1. The summed E-state index contributed by atoms with van der Waals surface area (Å²) in [7, 11) is 4.05. The van der Waals surface area contributed by atoms with Crippen LogP contribution in [0.1, 0.15) is 194 Å². The highest BCUT2D eigenvalue weighted by Gasteiger charge is 2.19. The number of aliphatic hydroxyl groups is 1. The summed E-state index contributed by atoms with van der Waals surface area (Å²) in [5.74, 6) is 0.452. The quantitative estimate of drug-likeness (QED) is 0.0216. The second-order valence-corrected chi connectivity index (χ2v) is 17.3. The number of carbonyl (C=O) groups is 3. The first-order valence-electron chi connectivity index (χ1n) is 23.1. The van der Waals surface area contributed by atoms with E-state index in [0.29, 0.717) is 29.7 Å². The third-order valence-corrected chi connectivity index (χ3v) is 11.6. The normalized spacial score (nSPS) is 11.9. The van der Waals surface area contributed by atoms with Crippen LogP contribution in [0.25, 0.3) is 0 Å². The van der Waals surface area contributed by atoms with E-state index in [1.807, 2.05) is 14.1 Å². The molecule has 1 N–H and O–H groups in total. The molecular formula is C47H89N2O6S+. The Morgan fingerprint density at radius 1 is 0.554 bits per heavy atom. The number of nitrogens with zero attached hydrogens (tertiary/aromatic N) is 2. The van der Waals surface area contributed by atoms with Gasteiger partial charge < -0.3 is 24.0 Å². The molecule has 328 valence electrons. The fourth-order valence-electron chi connectivity index (χ4n) is 6.53. The molecule has 0 aliphatic rings. The molecule has 0 atom stereocenters. The summed E-state index contributed by atoms with van der Waals surface area (Å²) >= 11 is 1.52. The number of aliphatic hydroxyl groups excluding tert-OH is 1. The highest BCUT2D eigenvalue weighted by atomic mass is 32.2. The molecule has 0 bridgehead atoms. The van der Waals surface area contributed by atoms with E-state index in [1.54, 1.807) is 4.90 Å². The molecule has 0 aromatic carbocycles. The van der Waals surface area contributed by atoms with Gasteiger partial charge in [0.05, 0.1) is 39.5 Å². The highest BCUT2D eigenvalue weighted by Crippen LogP contribution is 2.13. The maximum Gasteiger partial charge on any atom is 0.305 e. The molecule has 0 radical (unpaired) electrons. The summed E-state index contributed by atoms with van der Waals surface area (Å²) in [6.45, 7) is 6.05. The molecule has 8 nitrogen and oxygen atoms in total. The third kappa shape index (κ3) is 39.0. The molecule has 9 heteroatoms. The molecule has 0 heterocycles. The molecule has 0 aliphatic carbocycles. The lowest BCUT2D eigenvalue weighted by atomic mass is 10.1. The zero-order valence-electron chi connectivity index (χ0n) is 37.1. The second-order valence-electron chi connectivity index (χ2n) is 16.4. The number of likely N-dealkylation sites (N-methyl/N-ethyl adjacent to an activating group) is 1. The first-order valence-corrected chi connectivity index (χ1v) is 24.3. The number of carbonyl (C=O) groups excluding carboxylic acids is 3. The van der Waals surface area contributed by atoms with Crippen LogP contribution in [0.15, 0.2) is 24.3 Å². The number of ether oxygens (including phenoxy) is 2. The lowest BCUT2D eigenvalue weighted by Crippen LogP contribution is -2.42. The molecule has 56 heavy (non-hydrogen) atoms. The van der Waals surface area contributed by atoms with Gasteiger partial charge in [0.25, 0.3) is 0 Å². The van der Waals surface area contributed by atoms with Gasteiger partial charge in [-0.3, -0.25) is 14.4 Å². The van der Waals surface area contributed by atoms with Gasteiger partial charge >= 0.3 is 11.9 Å². The summed E-state index contributed by atoms with van der Waals surface area (Å²) in [4.78, 5) is 39.6. The van der Waals surface area contributed by atoms with Crippen LogP contribution in [0.2, 0.25) is 0 Å². The van der Waals surface area contributed by atoms with Crippen molar-refractivity contribution in [3.8, 4) is 0 Å². The van der Waals surface area contributed by atoms with Crippen LogP contribution in [-0.4, -0.2) is 97.5 Å². The minimum atomic E-state index is -0.223. The second kappa shape index (κ2) is 41.3. The number of esters is 2. The number of hydrogen-bond acceptors (Lipinski definition) is 7. The molecule has 1 amide bonds. The Morgan fingerprint density at radius 2 is 0.911 bits per heavy atom. The van der Waals surface area contributed by atoms with Gasteiger partial charge in [-0.15, -0.1) is 0 Å². The number of thioether (sulfide) groups is 1. The average Bonchev–Trinajstić information content (AvgIpc) is 3.17. The summed E-state index contributed by atoms with van der Waals surface area (Å²) < 4.78 is 11.6. The Morgan fingerprint density at radius 3 is 1.29 bits per heavy atom. The summed E-state index contributed by atoms with van der Waals surface area (Å²) in [5.41, 5.74) is 0. The van der Waals surface area contributed by atoms with Gasteiger partial charge in [0.2, 0.25) is 5.91 Å². The zero-order chi connectivity index (χ0) is 41.2. The van der Waals surface area contributed by atoms with Crippen molar-refractivity contribution in [1.29, 1.82) is 0 Å². The topological polar surface area (TPSA) is 93.1 Å². The predicted molar refractivity (Wildman–Crippen MR) is 239 cm³/mol. The summed E-state index contributed by atoms with van der Waals surface area (Å²) in [6.07, 6.45) is 41.7. The van der Waals surface area contributed by atoms with Gasteiger partial charge in [-0.1, -0.05) is 153 Å². The minimum Gasteiger partial charge on any atom is -0.464 e. The lowest BCUT2D eigenvalue weighted by Gasteiger charge is -2.29. The van der Waals surface area contributed by atoms with Crippen LogP contribution in [0, 0.1) is 0 Å². The number of amides is 1. The Bertz CT molecular complexity index is 914. The highest BCUT2D eigenvalue weighted by molar-refractivity contribution is 7.99. The van der Waals surface area contributed by atoms with E-state index in [2.05, 4.69) is 38.2 Å². The Balaban J connectivity index is 4.26. The van der Waals surface area contributed by atoms with Gasteiger partial charge in [0, 0.05) is 12.8 Å². The van der Waals surface area contributed by atoms with Crippen molar-refractivity contribution in [3.05, 3.63) is 24.3 Å². The Hall–Kier alpha value is -1.84. The monoisotopic (exact) mass is 810 g/mol. The van der Waals surface area contributed by atoms with Crippen molar-refractivity contribution in [1.82, 2.24) is 4.90 Å². The number of hydrogen-bond donors (Lipinski definition) is 1. The molecule has 0 saturated carbocycles. The van der Waals surface area contributed by atoms with Crippen molar-refractivity contribution < 1.29 is 33.4 Å². The maximum absolute atomic E-state index is 13.2. The van der Waals surface area contributed by atoms with Gasteiger partial charge in [-0.2, -0.15) is 0 Å². The lowest BCUT2D eigenvalue weighted by molar-refractivity contribution is -0.877. The fraction of sp³-hybridized carbons (Fsp3) is 0.851. The van der Waals surface area contributed by atoms with E-state index in [0.717, 1.165) is 51.4 Å². The van der Waals surface area contributed by atoms with E-state index in [4.69, 9.17) is 9.47 Å². The first-order chi connectivity index (χ1) is 27.3. The van der Waals surface area contributed by atoms with Gasteiger partial charge in [-0.05, 0) is 64.2 Å². The molecule has 0 unspecified atom stereocenters. The molecule has 0 aromatic heterocycles. The Labute approximate surface area is 350 Å². The van der Waals surface area contributed by atoms with Crippen LogP contribution < -0.4 is 0 Å². The Kier molecular flexibility index (Phi) is 40.0. The maximum atomic E-state index is 13.2. The number of unbranched alkanes of at least 4 members (excludes halogenated alkanes) is 22. The van der Waals surface area contributed by atoms with Gasteiger partial charge in [0.1, 0.15) is 25.6 Å². The number of allylic oxidation sites excluding steroid dienone is 4. The van der Waals surface area contributed by atoms with Crippen LogP contribution in [-0.2, 0) is 23.9 Å². The molecule has 0 aliphatic heterocycles. The average molecular weight is 810 g/mol. The van der Waals surface area contributed by atoms with Gasteiger partial charge in [-0.25, -0.2) is 0 Å². The van der Waals surface area contributed by atoms with E-state index in [-0.39, 0.29) is 56.5 Å². The largest absolute Gasteiger partial charge is 0.464 e. The van der Waals surface area contributed by atoms with Gasteiger partial charge in [0.15, 0.2) is 0 Å². The van der Waals surface area contributed by atoms with Crippen LogP contribution in [0.5, 0.6) is 0 Å². The van der Waals surface area contributed by atoms with Crippen LogP contribution in [0.3, 0.4) is 0 Å². The first kappa shape index (κ1) is 54.2. The smallest absolute Gasteiger partial charge is 0.305 e. The predicted octanol–water partition coefficient (Wildman–Crippen LogP) is 11.7. The molecule has 0 saturated heterocycles.